The van der Waals surface area contributed by atoms with Gasteiger partial charge in [-0.15, -0.1) is 0 Å². The maximum Gasteiger partial charge on any atom is 0.321 e. The third kappa shape index (κ3) is 5.05. The number of para-hydroxylation sites is 1. The zero-order chi connectivity index (χ0) is 25.1. The number of H-pyrrole nitrogens is 1. The van der Waals surface area contributed by atoms with Crippen molar-refractivity contribution in [1.29, 1.82) is 0 Å². The van der Waals surface area contributed by atoms with Crippen LogP contribution < -0.4 is 10.1 Å². The monoisotopic (exact) mass is 518 g/mol. The normalized spacial score (nSPS) is 12.2. The van der Waals surface area contributed by atoms with Gasteiger partial charge in [0.1, 0.15) is 18.4 Å². The van der Waals surface area contributed by atoms with Crippen LogP contribution in [0, 0.1) is 0 Å². The molecule has 0 aliphatic heterocycles. The van der Waals surface area contributed by atoms with Crippen molar-refractivity contribution in [3.63, 3.8) is 0 Å². The van der Waals surface area contributed by atoms with E-state index in [1.165, 1.54) is 0 Å². The van der Waals surface area contributed by atoms with Crippen LogP contribution in [0.1, 0.15) is 16.7 Å². The molecule has 36 heavy (non-hydrogen) atoms. The van der Waals surface area contributed by atoms with E-state index in [0.717, 1.165) is 32.8 Å². The van der Waals surface area contributed by atoms with Gasteiger partial charge in [-0.1, -0.05) is 77.8 Å². The third-order valence-corrected chi connectivity index (χ3v) is 7.06. The smallest absolute Gasteiger partial charge is 0.321 e. The third-order valence-electron chi connectivity index (χ3n) is 6.35. The summed E-state index contributed by atoms with van der Waals surface area (Å²) in [6.45, 7) is 0.508. The van der Waals surface area contributed by atoms with Gasteiger partial charge in [-0.25, -0.2) is 0 Å². The number of hydrogen-bond acceptors (Lipinski definition) is 3. The Balaban J connectivity index is 1.41. The van der Waals surface area contributed by atoms with Crippen molar-refractivity contribution < 1.29 is 14.6 Å². The second-order valence-electron chi connectivity index (χ2n) is 8.59. The number of carbonyl (C=O) groups is 1. The van der Waals surface area contributed by atoms with Gasteiger partial charge in [-0.3, -0.25) is 10.1 Å². The number of ether oxygens (including phenoxy) is 1. The predicted molar refractivity (Wildman–Crippen MR) is 145 cm³/mol. The second-order valence-corrected chi connectivity index (χ2v) is 9.40. The van der Waals surface area contributed by atoms with E-state index in [1.54, 1.807) is 18.2 Å². The number of hydrogen-bond donors (Lipinski definition) is 3. The molecule has 0 radical (unpaired) electrons. The molecule has 3 N–H and O–H groups in total. The average Bonchev–Trinajstić information content (AvgIpc) is 3.29. The van der Waals surface area contributed by atoms with Gasteiger partial charge >= 0.3 is 5.97 Å². The minimum absolute atomic E-state index is 0.196. The van der Waals surface area contributed by atoms with Crippen molar-refractivity contribution in [2.45, 2.75) is 25.6 Å². The molecule has 0 aliphatic carbocycles. The summed E-state index contributed by atoms with van der Waals surface area (Å²) < 4.78 is 6.19. The zero-order valence-electron chi connectivity index (χ0n) is 19.3. The van der Waals surface area contributed by atoms with Crippen LogP contribution in [0.5, 0.6) is 5.75 Å². The molecule has 0 aliphatic rings. The standard InChI is InChI=1S/C29H24Cl2N2O3/c30-24-9-5-10-25(31)23(24)17-36-28-13-12-18-6-1-2-7-20(18)22(28)16-33-27(29(34)35)14-19-15-32-26-11-4-3-8-21(19)26/h1-13,15,27,32-33H,14,16-17H2,(H,34,35)/t27-/m0/s1. The van der Waals surface area contributed by atoms with Gasteiger partial charge in [0.15, 0.2) is 0 Å². The largest absolute Gasteiger partial charge is 0.488 e. The molecular formula is C29H24Cl2N2O3. The van der Waals surface area contributed by atoms with Crippen LogP contribution in [-0.4, -0.2) is 22.1 Å². The maximum atomic E-state index is 12.2. The summed E-state index contributed by atoms with van der Waals surface area (Å²) in [6.07, 6.45) is 2.22. The number of aliphatic carboxylic acids is 1. The lowest BCUT2D eigenvalue weighted by molar-refractivity contribution is -0.139. The Morgan fingerprint density at radius 2 is 1.61 bits per heavy atom. The number of rotatable bonds is 9. The van der Waals surface area contributed by atoms with Crippen molar-refractivity contribution in [3.05, 3.63) is 112 Å². The first-order valence-electron chi connectivity index (χ1n) is 11.6. The van der Waals surface area contributed by atoms with E-state index in [4.69, 9.17) is 27.9 Å². The molecule has 0 saturated carbocycles. The lowest BCUT2D eigenvalue weighted by Gasteiger charge is -2.19. The number of carboxylic acid groups (broad SMARTS) is 1. The van der Waals surface area contributed by atoms with E-state index in [-0.39, 0.29) is 6.61 Å². The lowest BCUT2D eigenvalue weighted by atomic mass is 10.0. The second kappa shape index (κ2) is 10.6. The van der Waals surface area contributed by atoms with Crippen LogP contribution in [0.15, 0.2) is 85.1 Å². The quantitative estimate of drug-likeness (QED) is 0.196. The van der Waals surface area contributed by atoms with Gasteiger partial charge in [-0.05, 0) is 40.6 Å². The van der Waals surface area contributed by atoms with Gasteiger partial charge < -0.3 is 14.8 Å². The molecule has 0 bridgehead atoms. The SMILES string of the molecule is O=C(O)[C@H](Cc1c[nH]c2ccccc12)NCc1c(OCc2c(Cl)cccc2Cl)ccc2ccccc12. The molecule has 7 heteroatoms. The first kappa shape index (κ1) is 24.2. The van der Waals surface area contributed by atoms with Crippen LogP contribution in [0.25, 0.3) is 21.7 Å². The molecule has 4 aromatic carbocycles. The molecule has 0 saturated heterocycles. The molecule has 5 aromatic rings. The Labute approximate surface area is 218 Å². The molecule has 0 amide bonds. The van der Waals surface area contributed by atoms with E-state index < -0.39 is 12.0 Å². The van der Waals surface area contributed by atoms with Crippen LogP contribution in [0.4, 0.5) is 0 Å². The van der Waals surface area contributed by atoms with Crippen molar-refractivity contribution in [2.75, 3.05) is 0 Å². The molecule has 0 spiro atoms. The molecule has 0 fully saturated rings. The summed E-state index contributed by atoms with van der Waals surface area (Å²) >= 11 is 12.7. The minimum atomic E-state index is -0.911. The highest BCUT2D eigenvalue weighted by Crippen LogP contribution is 2.31. The van der Waals surface area contributed by atoms with E-state index in [0.29, 0.717) is 34.3 Å². The molecule has 0 unspecified atom stereocenters. The van der Waals surface area contributed by atoms with Crippen molar-refractivity contribution in [1.82, 2.24) is 10.3 Å². The topological polar surface area (TPSA) is 74.3 Å². The summed E-state index contributed by atoms with van der Waals surface area (Å²) in [5.41, 5.74) is 3.52. The van der Waals surface area contributed by atoms with Crippen molar-refractivity contribution >= 4 is 50.8 Å². The first-order chi connectivity index (χ1) is 17.5. The van der Waals surface area contributed by atoms with Crippen LogP contribution in [0.3, 0.4) is 0 Å². The first-order valence-corrected chi connectivity index (χ1v) is 12.3. The summed E-state index contributed by atoms with van der Waals surface area (Å²) in [7, 11) is 0. The zero-order valence-corrected chi connectivity index (χ0v) is 20.8. The molecular weight excluding hydrogens is 495 g/mol. The van der Waals surface area contributed by atoms with E-state index in [9.17, 15) is 9.90 Å². The molecule has 1 aromatic heterocycles. The maximum absolute atomic E-state index is 12.2. The number of halogens is 2. The van der Waals surface area contributed by atoms with Gasteiger partial charge in [-0.2, -0.15) is 0 Å². The predicted octanol–water partition coefficient (Wildman–Crippen LogP) is 6.99. The molecule has 5 rings (SSSR count). The molecule has 5 nitrogen and oxygen atoms in total. The van der Waals surface area contributed by atoms with Crippen LogP contribution in [-0.2, 0) is 24.4 Å². The average molecular weight is 519 g/mol. The summed E-state index contributed by atoms with van der Waals surface area (Å²) in [5.74, 6) is -0.265. The molecule has 1 heterocycles. The fourth-order valence-corrected chi connectivity index (χ4v) is 4.95. The van der Waals surface area contributed by atoms with E-state index in [2.05, 4.69) is 10.3 Å². The van der Waals surface area contributed by atoms with Crippen LogP contribution in [0.2, 0.25) is 10.0 Å². The van der Waals surface area contributed by atoms with Gasteiger partial charge in [0.2, 0.25) is 0 Å². The number of aromatic nitrogens is 1. The number of benzene rings is 4. The Bertz CT molecular complexity index is 1530. The Kier molecular flexibility index (Phi) is 7.14. The number of fused-ring (bicyclic) bond motifs is 2. The highest BCUT2D eigenvalue weighted by molar-refractivity contribution is 6.35. The highest BCUT2D eigenvalue weighted by Gasteiger charge is 2.21. The van der Waals surface area contributed by atoms with Gasteiger partial charge in [0.25, 0.3) is 0 Å². The summed E-state index contributed by atoms with van der Waals surface area (Å²) in [5, 5.41) is 17.4. The van der Waals surface area contributed by atoms with E-state index >= 15 is 0 Å². The van der Waals surface area contributed by atoms with Gasteiger partial charge in [0, 0.05) is 51.2 Å². The summed E-state index contributed by atoms with van der Waals surface area (Å²) in [6, 6.07) is 24.3. The number of carboxylic acids is 1. The Morgan fingerprint density at radius 1 is 0.889 bits per heavy atom. The molecule has 1 atom stereocenters. The number of aromatic amines is 1. The Hall–Kier alpha value is -3.51. The van der Waals surface area contributed by atoms with E-state index in [1.807, 2.05) is 66.9 Å². The number of nitrogens with one attached hydrogen (secondary N) is 2. The Morgan fingerprint density at radius 3 is 2.39 bits per heavy atom. The fraction of sp³-hybridized carbons (Fsp3) is 0.138. The van der Waals surface area contributed by atoms with Crippen molar-refractivity contribution in [3.8, 4) is 5.75 Å². The van der Waals surface area contributed by atoms with Crippen LogP contribution >= 0.6 is 23.2 Å². The lowest BCUT2D eigenvalue weighted by Crippen LogP contribution is -2.38. The highest BCUT2D eigenvalue weighted by atomic mass is 35.5. The van der Waals surface area contributed by atoms with Crippen molar-refractivity contribution in [2.24, 2.45) is 0 Å². The fourth-order valence-electron chi connectivity index (χ4n) is 4.45. The van der Waals surface area contributed by atoms with Gasteiger partial charge in [0.05, 0.1) is 0 Å². The summed E-state index contributed by atoms with van der Waals surface area (Å²) in [4.78, 5) is 15.4. The minimum Gasteiger partial charge on any atom is -0.488 e. The molecule has 182 valence electrons.